The van der Waals surface area contributed by atoms with Crippen molar-refractivity contribution in [2.45, 2.75) is 150 Å². The molecular formula is C49H64BrClN2O6. The molecule has 5 aromatic rings. The fraction of sp³-hybridized carbons (Fsp3) is 0.490. The largest absolute Gasteiger partial charge is 0.468 e. The minimum atomic E-state index is -0.595. The van der Waals surface area contributed by atoms with Crippen LogP contribution in [0.25, 0.3) is 33.1 Å². The van der Waals surface area contributed by atoms with Gasteiger partial charge >= 0.3 is 17.9 Å². The van der Waals surface area contributed by atoms with Gasteiger partial charge in [-0.2, -0.15) is 0 Å². The second-order valence-electron chi connectivity index (χ2n) is 17.5. The topological polar surface area (TPSA) is 99.6 Å². The number of methoxy groups -OCH3 is 1. The average Bonchev–Trinajstić information content (AvgIpc) is 3.67. The molecule has 0 amide bonds. The van der Waals surface area contributed by atoms with E-state index >= 15 is 0 Å². The number of H-pyrrole nitrogens is 1. The molecule has 0 aliphatic heterocycles. The Labute approximate surface area is 364 Å². The van der Waals surface area contributed by atoms with E-state index in [0.717, 1.165) is 45.1 Å². The molecule has 0 atom stereocenters. The number of esters is 3. The molecule has 2 aliphatic carbocycles. The fourth-order valence-electron chi connectivity index (χ4n) is 8.36. The average molecular weight is 892 g/mol. The number of carbonyl (C=O) groups is 3. The molecule has 0 saturated heterocycles. The number of nitrogens with one attached hydrogen (secondary N) is 1. The van der Waals surface area contributed by atoms with Crippen LogP contribution in [0, 0.1) is 0 Å². The summed E-state index contributed by atoms with van der Waals surface area (Å²) in [7, 11) is 1.39. The van der Waals surface area contributed by atoms with E-state index in [4.69, 9.17) is 25.8 Å². The number of rotatable bonds is 7. The van der Waals surface area contributed by atoms with Crippen molar-refractivity contribution in [3.63, 3.8) is 0 Å². The van der Waals surface area contributed by atoms with Gasteiger partial charge in [-0.1, -0.05) is 89.2 Å². The molecule has 1 N–H and O–H groups in total. The van der Waals surface area contributed by atoms with Crippen molar-refractivity contribution in [2.24, 2.45) is 0 Å². The van der Waals surface area contributed by atoms with E-state index in [2.05, 4.69) is 27.0 Å². The molecule has 59 heavy (non-hydrogen) atoms. The molecule has 10 heteroatoms. The van der Waals surface area contributed by atoms with Gasteiger partial charge in [-0.25, -0.2) is 9.59 Å². The van der Waals surface area contributed by atoms with Gasteiger partial charge in [-0.15, -0.1) is 0 Å². The standard InChI is InChI=1S/C28H32ClNO4.C19H24BrNO2.2CH4/c1-28(2,3)34-27(32)20-12-15-22-23(16-20)30(17-24(31)33-4)26(19-10-13-21(29)14-11-19)25(22)18-8-6-5-7-9-18;1-19(2,3)23-18(22)13-9-10-14-15(11-13)21-17(20)16(14)12-7-5-4-6-8-12;;/h10-16,18H,5-9,17H2,1-4H3;9-12,21H,4-8H2,1-3H3;2*1H4. The predicted octanol–water partition coefficient (Wildman–Crippen LogP) is 14.3. The van der Waals surface area contributed by atoms with Crippen molar-refractivity contribution in [2.75, 3.05) is 7.11 Å². The summed E-state index contributed by atoms with van der Waals surface area (Å²) in [6.07, 6.45) is 12.3. The van der Waals surface area contributed by atoms with Gasteiger partial charge in [0.05, 0.1) is 34.1 Å². The van der Waals surface area contributed by atoms with Crippen molar-refractivity contribution < 1.29 is 28.6 Å². The molecule has 0 radical (unpaired) electrons. The predicted molar refractivity (Wildman–Crippen MR) is 246 cm³/mol. The van der Waals surface area contributed by atoms with Gasteiger partial charge in [0.2, 0.25) is 0 Å². The lowest BCUT2D eigenvalue weighted by atomic mass is 9.82. The van der Waals surface area contributed by atoms with Gasteiger partial charge in [0, 0.05) is 21.3 Å². The van der Waals surface area contributed by atoms with Gasteiger partial charge in [0.15, 0.2) is 0 Å². The third-order valence-corrected chi connectivity index (χ3v) is 11.7. The van der Waals surface area contributed by atoms with Gasteiger partial charge < -0.3 is 23.8 Å². The highest BCUT2D eigenvalue weighted by Crippen LogP contribution is 2.45. The van der Waals surface area contributed by atoms with E-state index in [1.165, 1.54) is 75.0 Å². The van der Waals surface area contributed by atoms with E-state index in [0.29, 0.717) is 28.0 Å². The summed E-state index contributed by atoms with van der Waals surface area (Å²) in [5, 5.41) is 2.94. The molecule has 3 aromatic carbocycles. The molecule has 0 unspecified atom stereocenters. The molecule has 8 nitrogen and oxygen atoms in total. The minimum absolute atomic E-state index is 0. The molecule has 2 heterocycles. The number of carbonyl (C=O) groups excluding carboxylic acids is 3. The first kappa shape index (κ1) is 47.6. The van der Waals surface area contributed by atoms with Crippen LogP contribution in [0.3, 0.4) is 0 Å². The maximum atomic E-state index is 12.9. The lowest BCUT2D eigenvalue weighted by molar-refractivity contribution is -0.141. The van der Waals surface area contributed by atoms with Crippen molar-refractivity contribution in [3.05, 3.63) is 92.5 Å². The summed E-state index contributed by atoms with van der Waals surface area (Å²) in [5.74, 6) is -0.00533. The second kappa shape index (κ2) is 20.0. The van der Waals surface area contributed by atoms with Gasteiger partial charge in [-0.3, -0.25) is 4.79 Å². The molecular weight excluding hydrogens is 828 g/mol. The first-order chi connectivity index (χ1) is 27.0. The molecule has 2 aromatic heterocycles. The Bertz CT molecular complexity index is 2230. The third kappa shape index (κ3) is 11.6. The van der Waals surface area contributed by atoms with E-state index < -0.39 is 11.2 Å². The Hall–Kier alpha value is -4.08. The first-order valence-corrected chi connectivity index (χ1v) is 21.5. The van der Waals surface area contributed by atoms with Crippen LogP contribution in [0.1, 0.15) is 164 Å². The van der Waals surface area contributed by atoms with Crippen molar-refractivity contribution >= 4 is 67.2 Å². The van der Waals surface area contributed by atoms with E-state index in [9.17, 15) is 14.4 Å². The number of hydrogen-bond acceptors (Lipinski definition) is 6. The Balaban J connectivity index is 0.000000270. The van der Waals surface area contributed by atoms with Crippen LogP contribution in [0.5, 0.6) is 0 Å². The Kier molecular flexibility index (Phi) is 16.1. The molecule has 320 valence electrons. The first-order valence-electron chi connectivity index (χ1n) is 20.3. The number of nitrogens with zero attached hydrogens (tertiary/aromatic N) is 1. The maximum Gasteiger partial charge on any atom is 0.338 e. The highest BCUT2D eigenvalue weighted by Gasteiger charge is 2.29. The Morgan fingerprint density at radius 2 is 1.20 bits per heavy atom. The van der Waals surface area contributed by atoms with Crippen LogP contribution in [-0.2, 0) is 25.5 Å². The summed E-state index contributed by atoms with van der Waals surface area (Å²) in [4.78, 5) is 41.0. The van der Waals surface area contributed by atoms with Crippen molar-refractivity contribution in [1.82, 2.24) is 9.55 Å². The number of halogens is 2. The molecule has 7 rings (SSSR count). The SMILES string of the molecule is C.C.CC(C)(C)OC(=O)c1ccc2c(C3CCCCC3)c(Br)[nH]c2c1.COC(=O)Cn1c(-c2ccc(Cl)cc2)c(C2CCCCC2)c2ccc(C(=O)OC(C)(C)C)cc21. The number of ether oxygens (including phenoxy) is 3. The van der Waals surface area contributed by atoms with Gasteiger partial charge in [-0.05, 0) is 148 Å². The quantitative estimate of drug-likeness (QED) is 0.129. The van der Waals surface area contributed by atoms with Crippen molar-refractivity contribution in [3.8, 4) is 11.3 Å². The minimum Gasteiger partial charge on any atom is -0.468 e. The van der Waals surface area contributed by atoms with Crippen LogP contribution in [0.15, 0.2) is 65.3 Å². The smallest absolute Gasteiger partial charge is 0.338 e. The summed E-state index contributed by atoms with van der Waals surface area (Å²) in [6, 6.07) is 19.2. The highest BCUT2D eigenvalue weighted by molar-refractivity contribution is 9.10. The zero-order valence-corrected chi connectivity index (χ0v) is 36.7. The van der Waals surface area contributed by atoms with E-state index in [-0.39, 0.29) is 39.3 Å². The summed E-state index contributed by atoms with van der Waals surface area (Å²) < 4.78 is 19.2. The van der Waals surface area contributed by atoms with E-state index in [1.807, 2.05) is 101 Å². The summed E-state index contributed by atoms with van der Waals surface area (Å²) in [5.41, 5.74) is 6.40. The van der Waals surface area contributed by atoms with Crippen LogP contribution in [0.4, 0.5) is 0 Å². The van der Waals surface area contributed by atoms with Gasteiger partial charge in [0.25, 0.3) is 0 Å². The fourth-order valence-corrected chi connectivity index (χ4v) is 9.24. The summed E-state index contributed by atoms with van der Waals surface area (Å²) >= 11 is 9.87. The zero-order valence-electron chi connectivity index (χ0n) is 34.4. The lowest BCUT2D eigenvalue weighted by Crippen LogP contribution is -2.23. The second-order valence-corrected chi connectivity index (χ2v) is 18.7. The third-order valence-electron chi connectivity index (χ3n) is 10.8. The lowest BCUT2D eigenvalue weighted by Gasteiger charge is -2.23. The molecule has 2 fully saturated rings. The van der Waals surface area contributed by atoms with Gasteiger partial charge in [0.1, 0.15) is 17.7 Å². The number of hydrogen-bond donors (Lipinski definition) is 1. The monoisotopic (exact) mass is 890 g/mol. The van der Waals surface area contributed by atoms with E-state index in [1.54, 1.807) is 0 Å². The highest BCUT2D eigenvalue weighted by atomic mass is 79.9. The Morgan fingerprint density at radius 3 is 1.71 bits per heavy atom. The summed E-state index contributed by atoms with van der Waals surface area (Å²) in [6.45, 7) is 11.3. The maximum absolute atomic E-state index is 12.9. The zero-order chi connectivity index (χ0) is 41.1. The van der Waals surface area contributed by atoms with Crippen LogP contribution in [0.2, 0.25) is 5.02 Å². The molecule has 2 aliphatic rings. The normalized spacial score (nSPS) is 15.1. The molecule has 0 spiro atoms. The number of fused-ring (bicyclic) bond motifs is 2. The number of aromatic nitrogens is 2. The van der Waals surface area contributed by atoms with Crippen LogP contribution in [-0.4, -0.2) is 45.8 Å². The van der Waals surface area contributed by atoms with Crippen LogP contribution >= 0.6 is 27.5 Å². The van der Waals surface area contributed by atoms with Crippen molar-refractivity contribution in [1.29, 1.82) is 0 Å². The molecule has 2 saturated carbocycles. The number of benzene rings is 3. The number of aromatic amines is 1. The molecule has 0 bridgehead atoms. The Morgan fingerprint density at radius 1 is 0.712 bits per heavy atom. The van der Waals surface area contributed by atoms with Crippen LogP contribution < -0.4 is 0 Å².